The molecule has 8 nitrogen and oxygen atoms in total. The Morgan fingerprint density at radius 3 is 2.44 bits per heavy atom. The van der Waals surface area contributed by atoms with Crippen molar-refractivity contribution in [2.45, 2.75) is 26.1 Å². The van der Waals surface area contributed by atoms with Crippen LogP contribution in [0.15, 0.2) is 61.1 Å². The number of aromatic nitrogens is 4. The highest BCUT2D eigenvalue weighted by Gasteiger charge is 2.29. The molecule has 2 aromatic heterocycles. The van der Waals surface area contributed by atoms with Gasteiger partial charge in [0.25, 0.3) is 5.91 Å². The number of rotatable bonds is 8. The van der Waals surface area contributed by atoms with E-state index in [-0.39, 0.29) is 29.5 Å². The molecule has 0 aliphatic rings. The number of alkyl halides is 3. The summed E-state index contributed by atoms with van der Waals surface area (Å²) in [5, 5.41) is 13.2. The quantitative estimate of drug-likeness (QED) is 0.268. The topological polar surface area (TPSA) is 94.0 Å². The fraction of sp³-hybridized carbons (Fsp3) is 0.231. The monoisotopic (exact) mass is 564 g/mol. The summed E-state index contributed by atoms with van der Waals surface area (Å²) in [5.41, 5.74) is 2.83. The van der Waals surface area contributed by atoms with Gasteiger partial charge in [0.1, 0.15) is 18.1 Å². The smallest absolute Gasteiger partial charge is 0.405 e. The molecule has 0 unspecified atom stereocenters. The van der Waals surface area contributed by atoms with Crippen molar-refractivity contribution < 1.29 is 27.1 Å². The lowest BCUT2D eigenvalue weighted by Gasteiger charge is -2.18. The summed E-state index contributed by atoms with van der Waals surface area (Å²) in [6.07, 6.45) is -1.13. The van der Waals surface area contributed by atoms with Gasteiger partial charge in [-0.15, -0.1) is 22.6 Å². The van der Waals surface area contributed by atoms with E-state index in [1.165, 1.54) is 25.3 Å². The molecule has 0 aliphatic heterocycles. The zero-order valence-electron chi connectivity index (χ0n) is 21.1. The van der Waals surface area contributed by atoms with Crippen molar-refractivity contribution in [1.82, 2.24) is 25.1 Å². The second kappa shape index (κ2) is 12.1. The Morgan fingerprint density at radius 2 is 1.82 bits per heavy atom. The molecular weight excluding hydrogens is 540 g/mol. The number of methoxy groups -OCH3 is 1. The second-order valence-corrected chi connectivity index (χ2v) is 8.52. The largest absolute Gasteiger partial charge is 0.495 e. The Bertz CT molecular complexity index is 1440. The fourth-order valence-electron chi connectivity index (χ4n) is 3.73. The van der Waals surface area contributed by atoms with Gasteiger partial charge < -0.3 is 19.9 Å². The maximum absolute atomic E-state index is 13.3. The molecule has 0 saturated heterocycles. The third kappa shape index (κ3) is 7.23. The number of hydrogen-bond acceptors (Lipinski definition) is 6. The number of amides is 1. The highest BCUT2D eigenvalue weighted by molar-refractivity contribution is 5.99. The van der Waals surface area contributed by atoms with Crippen molar-refractivity contribution in [2.24, 2.45) is 0 Å². The Morgan fingerprint density at radius 1 is 1.10 bits per heavy atom. The van der Waals surface area contributed by atoms with E-state index < -0.39 is 30.5 Å². The second-order valence-electron chi connectivity index (χ2n) is 8.52. The summed E-state index contributed by atoms with van der Waals surface area (Å²) < 4.78 is 59.0. The Labute approximate surface area is 227 Å². The molecule has 1 amide bonds. The van der Waals surface area contributed by atoms with E-state index in [0.717, 1.165) is 5.69 Å². The molecule has 2 aromatic carbocycles. The van der Waals surface area contributed by atoms with Crippen LogP contribution in [0.5, 0.6) is 5.75 Å². The molecule has 4 aromatic rings. The molecule has 39 heavy (non-hydrogen) atoms. The number of imidazole rings is 1. The summed E-state index contributed by atoms with van der Waals surface area (Å²) in [5.74, 6) is -0.939. The molecule has 0 bridgehead atoms. The highest BCUT2D eigenvalue weighted by Crippen LogP contribution is 2.31. The van der Waals surface area contributed by atoms with E-state index in [1.54, 1.807) is 48.1 Å². The minimum absolute atomic E-state index is 0. The van der Waals surface area contributed by atoms with E-state index in [1.807, 2.05) is 18.4 Å². The van der Waals surface area contributed by atoms with Crippen LogP contribution in [-0.2, 0) is 0 Å². The standard InChI is InChI=1S/C26H24F4N6O2.ClH/c1-15-12-36(14-32-15)22-9-6-18(10-23(22)38-3)21-11-20(25(37)31-13-26(28,29)30)24(35-34-21)33-16(2)17-4-7-19(27)8-5-17;/h4-12,14,16H,13H2,1-3H3,(H,31,37)(H,33,35);1H/t16-;/m0./s1. The number of nitrogens with one attached hydrogen (secondary N) is 2. The molecule has 1 atom stereocenters. The molecule has 2 heterocycles. The number of aryl methyl sites for hydroxylation is 1. The van der Waals surface area contributed by atoms with Crippen molar-refractivity contribution in [3.8, 4) is 22.7 Å². The molecule has 13 heteroatoms. The molecule has 0 spiro atoms. The lowest BCUT2D eigenvalue weighted by atomic mass is 10.1. The van der Waals surface area contributed by atoms with Crippen molar-refractivity contribution in [1.29, 1.82) is 0 Å². The van der Waals surface area contributed by atoms with Crippen molar-refractivity contribution in [3.05, 3.63) is 83.7 Å². The maximum Gasteiger partial charge on any atom is 0.405 e. The summed E-state index contributed by atoms with van der Waals surface area (Å²) >= 11 is 0. The number of ether oxygens (including phenoxy) is 1. The molecule has 2 N–H and O–H groups in total. The zero-order chi connectivity index (χ0) is 27.4. The normalized spacial score (nSPS) is 11.9. The molecule has 0 fully saturated rings. The minimum Gasteiger partial charge on any atom is -0.495 e. The molecular formula is C26H25ClF4N6O2. The lowest BCUT2D eigenvalue weighted by Crippen LogP contribution is -2.34. The first kappa shape index (κ1) is 29.4. The summed E-state index contributed by atoms with van der Waals surface area (Å²) in [4.78, 5) is 17.0. The first-order valence-corrected chi connectivity index (χ1v) is 11.5. The number of anilines is 1. The van der Waals surface area contributed by atoms with E-state index in [0.29, 0.717) is 22.6 Å². The Hall–Kier alpha value is -4.19. The van der Waals surface area contributed by atoms with Crippen LogP contribution in [0.2, 0.25) is 0 Å². The number of halogens is 5. The SMILES string of the molecule is COc1cc(-c2cc(C(=O)NCC(F)(F)F)c(N[C@@H](C)c3ccc(F)cc3)nn2)ccc1-n1cnc(C)c1.Cl. The number of carbonyl (C=O) groups excluding carboxylic acids is 1. The van der Waals surface area contributed by atoms with Gasteiger partial charge in [0.15, 0.2) is 5.82 Å². The zero-order valence-corrected chi connectivity index (χ0v) is 21.9. The summed E-state index contributed by atoms with van der Waals surface area (Å²) in [6.45, 7) is 2.08. The van der Waals surface area contributed by atoms with Crippen LogP contribution in [-0.4, -0.2) is 45.5 Å². The number of benzene rings is 2. The Kier molecular flexibility index (Phi) is 9.12. The first-order chi connectivity index (χ1) is 18.0. The molecule has 4 rings (SSSR count). The lowest BCUT2D eigenvalue weighted by molar-refractivity contribution is -0.123. The third-order valence-corrected chi connectivity index (χ3v) is 5.68. The van der Waals surface area contributed by atoms with Crippen LogP contribution in [0.4, 0.5) is 23.4 Å². The van der Waals surface area contributed by atoms with Crippen LogP contribution >= 0.6 is 12.4 Å². The van der Waals surface area contributed by atoms with E-state index in [2.05, 4.69) is 20.5 Å². The molecule has 0 radical (unpaired) electrons. The molecule has 0 aliphatic carbocycles. The van der Waals surface area contributed by atoms with Crippen molar-refractivity contribution in [2.75, 3.05) is 19.0 Å². The average Bonchev–Trinajstić information content (AvgIpc) is 3.33. The van der Waals surface area contributed by atoms with Crippen LogP contribution in [0.1, 0.15) is 34.6 Å². The van der Waals surface area contributed by atoms with Crippen LogP contribution in [0.25, 0.3) is 16.9 Å². The van der Waals surface area contributed by atoms with Crippen molar-refractivity contribution >= 4 is 24.1 Å². The van der Waals surface area contributed by atoms with Gasteiger partial charge in [-0.1, -0.05) is 18.2 Å². The van der Waals surface area contributed by atoms with Gasteiger partial charge >= 0.3 is 6.18 Å². The highest BCUT2D eigenvalue weighted by atomic mass is 35.5. The van der Waals surface area contributed by atoms with Gasteiger partial charge in [-0.2, -0.15) is 13.2 Å². The van der Waals surface area contributed by atoms with Crippen molar-refractivity contribution in [3.63, 3.8) is 0 Å². The molecule has 0 saturated carbocycles. The van der Waals surface area contributed by atoms with Crippen LogP contribution in [0, 0.1) is 12.7 Å². The van der Waals surface area contributed by atoms with E-state index >= 15 is 0 Å². The summed E-state index contributed by atoms with van der Waals surface area (Å²) in [6, 6.07) is 11.7. The van der Waals surface area contributed by atoms with E-state index in [9.17, 15) is 22.4 Å². The van der Waals surface area contributed by atoms with E-state index in [4.69, 9.17) is 4.74 Å². The number of nitrogens with zero attached hydrogens (tertiary/aromatic N) is 4. The predicted molar refractivity (Wildman–Crippen MR) is 140 cm³/mol. The van der Waals surface area contributed by atoms with Gasteiger partial charge in [-0.25, -0.2) is 9.37 Å². The van der Waals surface area contributed by atoms with Gasteiger partial charge in [-0.3, -0.25) is 4.79 Å². The minimum atomic E-state index is -4.59. The maximum atomic E-state index is 13.3. The van der Waals surface area contributed by atoms with Crippen LogP contribution < -0.4 is 15.4 Å². The third-order valence-electron chi connectivity index (χ3n) is 5.68. The number of hydrogen-bond donors (Lipinski definition) is 2. The average molecular weight is 565 g/mol. The number of carbonyl (C=O) groups is 1. The first-order valence-electron chi connectivity index (χ1n) is 11.5. The van der Waals surface area contributed by atoms with Gasteiger partial charge in [-0.05, 0) is 49.7 Å². The summed E-state index contributed by atoms with van der Waals surface area (Å²) in [7, 11) is 1.50. The Balaban J connectivity index is 0.00000420. The van der Waals surface area contributed by atoms with Gasteiger partial charge in [0, 0.05) is 11.8 Å². The molecule has 206 valence electrons. The van der Waals surface area contributed by atoms with Crippen LogP contribution in [0.3, 0.4) is 0 Å². The predicted octanol–water partition coefficient (Wildman–Crippen LogP) is 5.67. The van der Waals surface area contributed by atoms with Gasteiger partial charge in [0.05, 0.1) is 42.1 Å². The van der Waals surface area contributed by atoms with Gasteiger partial charge in [0.2, 0.25) is 0 Å². The fourth-order valence-corrected chi connectivity index (χ4v) is 3.73.